The van der Waals surface area contributed by atoms with E-state index in [2.05, 4.69) is 9.97 Å². The van der Waals surface area contributed by atoms with E-state index in [9.17, 15) is 4.39 Å². The van der Waals surface area contributed by atoms with Gasteiger partial charge in [0.25, 0.3) is 0 Å². The highest BCUT2D eigenvalue weighted by molar-refractivity contribution is 5.77. The van der Waals surface area contributed by atoms with Crippen molar-refractivity contribution in [1.82, 2.24) is 9.97 Å². The van der Waals surface area contributed by atoms with Gasteiger partial charge in [-0.15, -0.1) is 0 Å². The van der Waals surface area contributed by atoms with Crippen molar-refractivity contribution >= 4 is 5.82 Å². The molecule has 4 nitrogen and oxygen atoms in total. The van der Waals surface area contributed by atoms with Crippen LogP contribution in [0.25, 0.3) is 22.6 Å². The lowest BCUT2D eigenvalue weighted by atomic mass is 10.1. The average molecular weight is 255 g/mol. The molecule has 94 valence electrons. The molecule has 0 aliphatic carbocycles. The van der Waals surface area contributed by atoms with Crippen LogP contribution in [0.4, 0.5) is 10.2 Å². The Morgan fingerprint density at radius 3 is 2.53 bits per heavy atom. The van der Waals surface area contributed by atoms with E-state index in [0.717, 1.165) is 11.1 Å². The Morgan fingerprint density at radius 1 is 1.00 bits per heavy atom. The van der Waals surface area contributed by atoms with Crippen molar-refractivity contribution < 1.29 is 8.81 Å². The van der Waals surface area contributed by atoms with E-state index in [0.29, 0.717) is 17.3 Å². The molecule has 3 rings (SSSR count). The first kappa shape index (κ1) is 11.4. The maximum absolute atomic E-state index is 12.9. The van der Waals surface area contributed by atoms with Gasteiger partial charge in [-0.1, -0.05) is 0 Å². The van der Waals surface area contributed by atoms with Gasteiger partial charge in [0.05, 0.1) is 0 Å². The summed E-state index contributed by atoms with van der Waals surface area (Å²) in [6.45, 7) is 0. The van der Waals surface area contributed by atoms with Gasteiger partial charge in [0.15, 0.2) is 12.2 Å². The maximum Gasteiger partial charge on any atom is 0.182 e. The Kier molecular flexibility index (Phi) is 2.72. The van der Waals surface area contributed by atoms with Gasteiger partial charge in [-0.05, 0) is 36.4 Å². The Hall–Kier alpha value is -2.69. The van der Waals surface area contributed by atoms with Gasteiger partial charge in [0, 0.05) is 17.3 Å². The zero-order valence-electron chi connectivity index (χ0n) is 9.88. The SMILES string of the molecule is Nc1cc(-c2ocnc2-c2ccc(F)cc2)ccn1. The summed E-state index contributed by atoms with van der Waals surface area (Å²) in [4.78, 5) is 8.10. The topological polar surface area (TPSA) is 64.9 Å². The number of anilines is 1. The molecule has 0 aliphatic heterocycles. The van der Waals surface area contributed by atoms with E-state index >= 15 is 0 Å². The van der Waals surface area contributed by atoms with Gasteiger partial charge in [-0.25, -0.2) is 14.4 Å². The number of rotatable bonds is 2. The zero-order chi connectivity index (χ0) is 13.2. The second-order valence-corrected chi connectivity index (χ2v) is 4.01. The zero-order valence-corrected chi connectivity index (χ0v) is 9.88. The summed E-state index contributed by atoms with van der Waals surface area (Å²) in [5.41, 5.74) is 7.85. The molecule has 0 amide bonds. The number of oxazole rings is 1. The fourth-order valence-corrected chi connectivity index (χ4v) is 1.85. The van der Waals surface area contributed by atoms with Crippen LogP contribution in [0.2, 0.25) is 0 Å². The van der Waals surface area contributed by atoms with Crippen molar-refractivity contribution in [3.05, 3.63) is 54.8 Å². The van der Waals surface area contributed by atoms with Crippen LogP contribution in [0.5, 0.6) is 0 Å². The number of pyridine rings is 1. The lowest BCUT2D eigenvalue weighted by Crippen LogP contribution is -1.90. The number of hydrogen-bond acceptors (Lipinski definition) is 4. The van der Waals surface area contributed by atoms with Crippen molar-refractivity contribution in [3.63, 3.8) is 0 Å². The molecule has 0 radical (unpaired) electrons. The molecule has 2 aromatic heterocycles. The maximum atomic E-state index is 12.9. The van der Waals surface area contributed by atoms with Crippen molar-refractivity contribution in [2.24, 2.45) is 0 Å². The van der Waals surface area contributed by atoms with Crippen LogP contribution < -0.4 is 5.73 Å². The summed E-state index contributed by atoms with van der Waals surface area (Å²) in [6.07, 6.45) is 2.95. The van der Waals surface area contributed by atoms with Crippen LogP contribution >= 0.6 is 0 Å². The Morgan fingerprint density at radius 2 is 1.79 bits per heavy atom. The molecule has 0 bridgehead atoms. The molecule has 1 aromatic carbocycles. The van der Waals surface area contributed by atoms with Crippen molar-refractivity contribution in [2.45, 2.75) is 0 Å². The Balaban J connectivity index is 2.10. The number of nitrogens with zero attached hydrogens (tertiary/aromatic N) is 2. The molecule has 5 heteroatoms. The molecule has 2 N–H and O–H groups in total. The van der Waals surface area contributed by atoms with E-state index in [1.54, 1.807) is 30.5 Å². The molecule has 0 saturated carbocycles. The van der Waals surface area contributed by atoms with Gasteiger partial charge in [0.1, 0.15) is 17.3 Å². The predicted octanol–water partition coefficient (Wildman–Crippen LogP) is 3.12. The molecule has 19 heavy (non-hydrogen) atoms. The summed E-state index contributed by atoms with van der Waals surface area (Å²) >= 11 is 0. The van der Waals surface area contributed by atoms with Crippen LogP contribution in [0.1, 0.15) is 0 Å². The normalized spacial score (nSPS) is 10.6. The second kappa shape index (κ2) is 4.53. The lowest BCUT2D eigenvalue weighted by Gasteiger charge is -2.02. The fourth-order valence-electron chi connectivity index (χ4n) is 1.85. The molecule has 3 aromatic rings. The van der Waals surface area contributed by atoms with E-state index < -0.39 is 0 Å². The minimum absolute atomic E-state index is 0.290. The predicted molar refractivity (Wildman–Crippen MR) is 69.5 cm³/mol. The number of nitrogen functional groups attached to an aromatic ring is 1. The Labute approximate surface area is 108 Å². The second-order valence-electron chi connectivity index (χ2n) is 4.01. The first-order valence-corrected chi connectivity index (χ1v) is 5.65. The van der Waals surface area contributed by atoms with Crippen molar-refractivity contribution in [2.75, 3.05) is 5.73 Å². The van der Waals surface area contributed by atoms with Gasteiger partial charge < -0.3 is 10.2 Å². The van der Waals surface area contributed by atoms with Crippen LogP contribution in [0.15, 0.2) is 53.4 Å². The van der Waals surface area contributed by atoms with Crippen LogP contribution in [-0.4, -0.2) is 9.97 Å². The summed E-state index contributed by atoms with van der Waals surface area (Å²) in [6, 6.07) is 9.56. The summed E-state index contributed by atoms with van der Waals surface area (Å²) < 4.78 is 18.3. The molecule has 0 fully saturated rings. The van der Waals surface area contributed by atoms with Gasteiger partial charge in [-0.2, -0.15) is 0 Å². The van der Waals surface area contributed by atoms with Crippen molar-refractivity contribution in [1.29, 1.82) is 0 Å². The third kappa shape index (κ3) is 2.18. The molecular weight excluding hydrogens is 245 g/mol. The van der Waals surface area contributed by atoms with Crippen LogP contribution in [0.3, 0.4) is 0 Å². The molecule has 0 saturated heterocycles. The minimum atomic E-state index is -0.290. The summed E-state index contributed by atoms with van der Waals surface area (Å²) in [5.74, 6) is 0.696. The van der Waals surface area contributed by atoms with Crippen LogP contribution in [-0.2, 0) is 0 Å². The summed E-state index contributed by atoms with van der Waals surface area (Å²) in [5, 5.41) is 0. The van der Waals surface area contributed by atoms with E-state index in [1.165, 1.54) is 18.5 Å². The molecular formula is C14H10FN3O. The Bertz CT molecular complexity index is 707. The van der Waals surface area contributed by atoms with Crippen LogP contribution in [0, 0.1) is 5.82 Å². The molecule has 2 heterocycles. The highest BCUT2D eigenvalue weighted by Gasteiger charge is 2.13. The third-order valence-corrected chi connectivity index (χ3v) is 2.73. The lowest BCUT2D eigenvalue weighted by molar-refractivity contribution is 0.572. The highest BCUT2D eigenvalue weighted by atomic mass is 19.1. The number of aromatic nitrogens is 2. The molecule has 0 unspecified atom stereocenters. The third-order valence-electron chi connectivity index (χ3n) is 2.73. The molecule has 0 atom stereocenters. The van der Waals surface area contributed by atoms with Crippen molar-refractivity contribution in [3.8, 4) is 22.6 Å². The average Bonchev–Trinajstić information content (AvgIpc) is 2.89. The number of nitrogens with two attached hydrogens (primary N) is 1. The standard InChI is InChI=1S/C14H10FN3O/c15-11-3-1-9(2-4-11)13-14(19-8-18-13)10-5-6-17-12(16)7-10/h1-8H,(H2,16,17). The highest BCUT2D eigenvalue weighted by Crippen LogP contribution is 2.31. The number of hydrogen-bond donors (Lipinski definition) is 1. The first-order chi connectivity index (χ1) is 9.24. The largest absolute Gasteiger partial charge is 0.443 e. The van der Waals surface area contributed by atoms with Gasteiger partial charge in [-0.3, -0.25) is 0 Å². The fraction of sp³-hybridized carbons (Fsp3) is 0. The quantitative estimate of drug-likeness (QED) is 0.764. The van der Waals surface area contributed by atoms with E-state index in [-0.39, 0.29) is 5.82 Å². The summed E-state index contributed by atoms with van der Waals surface area (Å²) in [7, 11) is 0. The number of halogens is 1. The first-order valence-electron chi connectivity index (χ1n) is 5.65. The smallest absolute Gasteiger partial charge is 0.182 e. The molecule has 0 aliphatic rings. The van der Waals surface area contributed by atoms with E-state index in [4.69, 9.17) is 10.2 Å². The monoisotopic (exact) mass is 255 g/mol. The minimum Gasteiger partial charge on any atom is -0.443 e. The van der Waals surface area contributed by atoms with Gasteiger partial charge >= 0.3 is 0 Å². The molecule has 0 spiro atoms. The van der Waals surface area contributed by atoms with Gasteiger partial charge in [0.2, 0.25) is 0 Å². The number of benzene rings is 1. The van der Waals surface area contributed by atoms with E-state index in [1.807, 2.05) is 0 Å².